The third-order valence-electron chi connectivity index (χ3n) is 5.94. The van der Waals surface area contributed by atoms with Crippen LogP contribution in [0, 0.1) is 0 Å². The van der Waals surface area contributed by atoms with E-state index >= 15 is 0 Å². The second kappa shape index (κ2) is 9.34. The topological polar surface area (TPSA) is 15.3 Å². The van der Waals surface area contributed by atoms with Crippen molar-refractivity contribution in [3.63, 3.8) is 0 Å². The van der Waals surface area contributed by atoms with Crippen LogP contribution in [0.25, 0.3) is 0 Å². The predicted octanol–water partition coefficient (Wildman–Crippen LogP) is 6.37. The number of anilines is 2. The van der Waals surface area contributed by atoms with Gasteiger partial charge < -0.3 is 10.2 Å². The van der Waals surface area contributed by atoms with Crippen LogP contribution in [0.15, 0.2) is 24.3 Å². The molecule has 1 aromatic carbocycles. The molecule has 2 aliphatic carbocycles. The SMILES string of the molecule is CCCCN(c1ccc(NC2CCCCC2)cc1)C1CCCCC1. The van der Waals surface area contributed by atoms with Crippen LogP contribution in [0.3, 0.4) is 0 Å². The quantitative estimate of drug-likeness (QED) is 0.625. The average molecular weight is 329 g/mol. The minimum absolute atomic E-state index is 0.694. The Balaban J connectivity index is 1.63. The van der Waals surface area contributed by atoms with Gasteiger partial charge in [-0.25, -0.2) is 0 Å². The van der Waals surface area contributed by atoms with E-state index in [4.69, 9.17) is 0 Å². The third kappa shape index (κ3) is 4.91. The monoisotopic (exact) mass is 328 g/mol. The summed E-state index contributed by atoms with van der Waals surface area (Å²) >= 11 is 0. The molecule has 24 heavy (non-hydrogen) atoms. The Morgan fingerprint density at radius 2 is 1.50 bits per heavy atom. The van der Waals surface area contributed by atoms with Crippen LogP contribution in [-0.2, 0) is 0 Å². The van der Waals surface area contributed by atoms with Gasteiger partial charge >= 0.3 is 0 Å². The van der Waals surface area contributed by atoms with Crippen molar-refractivity contribution in [1.82, 2.24) is 0 Å². The van der Waals surface area contributed by atoms with Gasteiger partial charge in [-0.05, 0) is 56.4 Å². The van der Waals surface area contributed by atoms with Gasteiger partial charge in [0.1, 0.15) is 0 Å². The Bertz CT molecular complexity index is 455. The molecule has 0 spiro atoms. The maximum Gasteiger partial charge on any atom is 0.0370 e. The van der Waals surface area contributed by atoms with E-state index in [2.05, 4.69) is 41.4 Å². The van der Waals surface area contributed by atoms with Crippen molar-refractivity contribution in [2.45, 2.75) is 96.1 Å². The molecule has 3 rings (SSSR count). The number of nitrogens with one attached hydrogen (secondary N) is 1. The highest BCUT2D eigenvalue weighted by Crippen LogP contribution is 2.29. The molecule has 2 fully saturated rings. The first-order valence-corrected chi connectivity index (χ1v) is 10.5. The van der Waals surface area contributed by atoms with E-state index in [0.29, 0.717) is 6.04 Å². The maximum atomic E-state index is 3.75. The van der Waals surface area contributed by atoms with Crippen LogP contribution in [0.1, 0.15) is 84.0 Å². The number of hydrogen-bond acceptors (Lipinski definition) is 2. The summed E-state index contributed by atoms with van der Waals surface area (Å²) < 4.78 is 0. The van der Waals surface area contributed by atoms with Crippen LogP contribution in [0.2, 0.25) is 0 Å². The van der Waals surface area contributed by atoms with E-state index in [-0.39, 0.29) is 0 Å². The zero-order valence-corrected chi connectivity index (χ0v) is 15.6. The molecular formula is C22H36N2. The molecule has 0 radical (unpaired) electrons. The zero-order chi connectivity index (χ0) is 16.6. The summed E-state index contributed by atoms with van der Waals surface area (Å²) in [6.07, 6.45) is 16.5. The lowest BCUT2D eigenvalue weighted by atomic mass is 9.93. The van der Waals surface area contributed by atoms with Crippen molar-refractivity contribution in [2.75, 3.05) is 16.8 Å². The summed E-state index contributed by atoms with van der Waals surface area (Å²) in [5.74, 6) is 0. The summed E-state index contributed by atoms with van der Waals surface area (Å²) in [6, 6.07) is 10.8. The molecule has 2 saturated carbocycles. The van der Waals surface area contributed by atoms with Gasteiger partial charge in [0.05, 0.1) is 0 Å². The van der Waals surface area contributed by atoms with E-state index < -0.39 is 0 Å². The Kier molecular flexibility index (Phi) is 6.86. The number of unbranched alkanes of at least 4 members (excludes halogenated alkanes) is 1. The molecular weight excluding hydrogens is 292 g/mol. The molecule has 0 atom stereocenters. The first-order valence-electron chi connectivity index (χ1n) is 10.5. The summed E-state index contributed by atoms with van der Waals surface area (Å²) in [4.78, 5) is 2.70. The molecule has 0 unspecified atom stereocenters. The van der Waals surface area contributed by atoms with Gasteiger partial charge in [0.25, 0.3) is 0 Å². The third-order valence-corrected chi connectivity index (χ3v) is 5.94. The second-order valence-electron chi connectivity index (χ2n) is 7.86. The molecule has 134 valence electrons. The Hall–Kier alpha value is -1.18. The molecule has 0 heterocycles. The van der Waals surface area contributed by atoms with Crippen molar-refractivity contribution < 1.29 is 0 Å². The lowest BCUT2D eigenvalue weighted by molar-refractivity contribution is 0.412. The van der Waals surface area contributed by atoms with Gasteiger partial charge in [-0.3, -0.25) is 0 Å². The molecule has 2 nitrogen and oxygen atoms in total. The van der Waals surface area contributed by atoms with Gasteiger partial charge in [0.15, 0.2) is 0 Å². The fourth-order valence-electron chi connectivity index (χ4n) is 4.48. The summed E-state index contributed by atoms with van der Waals surface area (Å²) in [7, 11) is 0. The lowest BCUT2D eigenvalue weighted by Gasteiger charge is -2.36. The Morgan fingerprint density at radius 1 is 0.875 bits per heavy atom. The van der Waals surface area contributed by atoms with E-state index in [1.807, 2.05) is 0 Å². The molecule has 1 N–H and O–H groups in total. The maximum absolute atomic E-state index is 3.75. The van der Waals surface area contributed by atoms with Gasteiger partial charge in [-0.1, -0.05) is 51.9 Å². The number of benzene rings is 1. The molecule has 1 aromatic rings. The minimum atomic E-state index is 0.694. The van der Waals surface area contributed by atoms with Crippen LogP contribution in [0.5, 0.6) is 0 Å². The van der Waals surface area contributed by atoms with Gasteiger partial charge in [0.2, 0.25) is 0 Å². The van der Waals surface area contributed by atoms with E-state index in [9.17, 15) is 0 Å². The summed E-state index contributed by atoms with van der Waals surface area (Å²) in [6.45, 7) is 3.52. The standard InChI is InChI=1S/C22H36N2/c1-2-3-18-24(21-12-8-5-9-13-21)22-16-14-20(15-17-22)23-19-10-6-4-7-11-19/h14-17,19,21,23H,2-13,18H2,1H3. The first kappa shape index (κ1) is 17.6. The van der Waals surface area contributed by atoms with Crippen LogP contribution in [0.4, 0.5) is 11.4 Å². The van der Waals surface area contributed by atoms with Crippen molar-refractivity contribution in [3.05, 3.63) is 24.3 Å². The molecule has 2 heteroatoms. The second-order valence-corrected chi connectivity index (χ2v) is 7.86. The highest BCUT2D eigenvalue weighted by atomic mass is 15.2. The molecule has 0 bridgehead atoms. The van der Waals surface area contributed by atoms with Crippen molar-refractivity contribution in [1.29, 1.82) is 0 Å². The molecule has 2 aliphatic rings. The van der Waals surface area contributed by atoms with Crippen molar-refractivity contribution in [2.24, 2.45) is 0 Å². The Morgan fingerprint density at radius 3 is 2.12 bits per heavy atom. The number of hydrogen-bond donors (Lipinski definition) is 1. The molecule has 0 saturated heterocycles. The summed E-state index contributed by atoms with van der Waals surface area (Å²) in [5.41, 5.74) is 2.74. The predicted molar refractivity (Wildman–Crippen MR) is 106 cm³/mol. The van der Waals surface area contributed by atoms with E-state index in [1.54, 1.807) is 0 Å². The van der Waals surface area contributed by atoms with Gasteiger partial charge in [-0.2, -0.15) is 0 Å². The number of nitrogens with zero attached hydrogens (tertiary/aromatic N) is 1. The Labute approximate surface area is 149 Å². The summed E-state index contributed by atoms with van der Waals surface area (Å²) in [5, 5.41) is 3.75. The highest BCUT2D eigenvalue weighted by molar-refractivity contribution is 5.56. The van der Waals surface area contributed by atoms with Gasteiger partial charge in [0, 0.05) is 30.0 Å². The van der Waals surface area contributed by atoms with Crippen LogP contribution < -0.4 is 10.2 Å². The fourth-order valence-corrected chi connectivity index (χ4v) is 4.48. The number of rotatable bonds is 7. The smallest absolute Gasteiger partial charge is 0.0370 e. The van der Waals surface area contributed by atoms with E-state index in [0.717, 1.165) is 6.04 Å². The molecule has 0 amide bonds. The van der Waals surface area contributed by atoms with Crippen LogP contribution >= 0.6 is 0 Å². The van der Waals surface area contributed by atoms with Gasteiger partial charge in [-0.15, -0.1) is 0 Å². The van der Waals surface area contributed by atoms with Crippen molar-refractivity contribution in [3.8, 4) is 0 Å². The average Bonchev–Trinajstić information content (AvgIpc) is 2.65. The normalized spacial score (nSPS) is 20.0. The van der Waals surface area contributed by atoms with E-state index in [1.165, 1.54) is 95.0 Å². The zero-order valence-electron chi connectivity index (χ0n) is 15.6. The molecule has 0 aliphatic heterocycles. The highest BCUT2D eigenvalue weighted by Gasteiger charge is 2.21. The first-order chi connectivity index (χ1) is 11.9. The largest absolute Gasteiger partial charge is 0.382 e. The fraction of sp³-hybridized carbons (Fsp3) is 0.727. The lowest BCUT2D eigenvalue weighted by Crippen LogP contribution is -2.37. The molecule has 0 aromatic heterocycles. The van der Waals surface area contributed by atoms with Crippen molar-refractivity contribution >= 4 is 11.4 Å². The minimum Gasteiger partial charge on any atom is -0.382 e. The van der Waals surface area contributed by atoms with Crippen LogP contribution in [-0.4, -0.2) is 18.6 Å².